The highest BCUT2D eigenvalue weighted by atomic mass is 16.5. The lowest BCUT2D eigenvalue weighted by Crippen LogP contribution is -2.30. The fraction of sp³-hybridized carbons (Fsp3) is 0.333. The summed E-state index contributed by atoms with van der Waals surface area (Å²) in [6.45, 7) is 3.02. The molecule has 14 heavy (non-hydrogen) atoms. The van der Waals surface area contributed by atoms with Crippen molar-refractivity contribution in [2.75, 3.05) is 6.61 Å². The molecule has 0 unspecified atom stereocenters. The zero-order valence-electron chi connectivity index (χ0n) is 7.99. The van der Waals surface area contributed by atoms with Gasteiger partial charge in [-0.25, -0.2) is 5.84 Å². The highest BCUT2D eigenvalue weighted by Gasteiger charge is 2.03. The number of hydrazine groups is 1. The summed E-state index contributed by atoms with van der Waals surface area (Å²) in [5.74, 6) is 4.62. The normalized spacial score (nSPS) is 9.86. The van der Waals surface area contributed by atoms with E-state index in [4.69, 9.17) is 10.6 Å². The summed E-state index contributed by atoms with van der Waals surface area (Å²) >= 11 is 0. The van der Waals surface area contributed by atoms with Gasteiger partial charge < -0.3 is 4.74 Å². The largest absolute Gasteiger partial charge is 0.375 e. The molecule has 76 valence electrons. The monoisotopic (exact) mass is 195 g/mol. The molecule has 0 bridgehead atoms. The van der Waals surface area contributed by atoms with E-state index in [2.05, 4.69) is 4.98 Å². The van der Waals surface area contributed by atoms with E-state index in [1.807, 2.05) is 12.3 Å². The molecule has 0 spiro atoms. The average Bonchev–Trinajstić information content (AvgIpc) is 2.26. The van der Waals surface area contributed by atoms with Crippen LogP contribution in [-0.4, -0.2) is 17.5 Å². The second-order valence-corrected chi connectivity index (χ2v) is 2.65. The second-order valence-electron chi connectivity index (χ2n) is 2.65. The van der Waals surface area contributed by atoms with Crippen molar-refractivity contribution in [2.24, 2.45) is 5.84 Å². The minimum Gasteiger partial charge on any atom is -0.375 e. The molecule has 3 N–H and O–H groups in total. The Bertz CT molecular complexity index is 297. The maximum Gasteiger partial charge on any atom is 0.266 e. The van der Waals surface area contributed by atoms with Crippen molar-refractivity contribution in [1.29, 1.82) is 0 Å². The fourth-order valence-electron chi connectivity index (χ4n) is 0.934. The smallest absolute Gasteiger partial charge is 0.266 e. The van der Waals surface area contributed by atoms with Crippen LogP contribution in [0.5, 0.6) is 0 Å². The van der Waals surface area contributed by atoms with Crippen LogP contribution in [0.2, 0.25) is 0 Å². The highest BCUT2D eigenvalue weighted by molar-refractivity contribution is 5.93. The lowest BCUT2D eigenvalue weighted by molar-refractivity contribution is 0.0953. The third-order valence-corrected chi connectivity index (χ3v) is 1.67. The van der Waals surface area contributed by atoms with Crippen molar-refractivity contribution in [2.45, 2.75) is 13.5 Å². The summed E-state index contributed by atoms with van der Waals surface area (Å²) < 4.78 is 5.16. The van der Waals surface area contributed by atoms with E-state index in [-0.39, 0.29) is 5.91 Å². The van der Waals surface area contributed by atoms with Crippen LogP contribution in [-0.2, 0) is 11.3 Å². The summed E-state index contributed by atoms with van der Waals surface area (Å²) in [6, 6.07) is 3.39. The number of aromatic nitrogens is 1. The van der Waals surface area contributed by atoms with Crippen molar-refractivity contribution in [3.8, 4) is 0 Å². The number of nitrogens with one attached hydrogen (secondary N) is 1. The number of carbonyl (C=O) groups excluding carboxylic acids is 1. The Morgan fingerprint density at radius 1 is 1.64 bits per heavy atom. The number of pyridine rings is 1. The molecule has 0 radical (unpaired) electrons. The minimum atomic E-state index is -0.347. The van der Waals surface area contributed by atoms with Gasteiger partial charge in [0.25, 0.3) is 5.91 Å². The molecule has 0 saturated heterocycles. The molecular formula is C9H13N3O2. The van der Waals surface area contributed by atoms with E-state index in [0.29, 0.717) is 18.8 Å². The molecule has 0 aliphatic carbocycles. The van der Waals surface area contributed by atoms with Gasteiger partial charge in [0.2, 0.25) is 0 Å². The number of nitrogen functional groups attached to an aromatic ring is 1. The van der Waals surface area contributed by atoms with Gasteiger partial charge in [0.15, 0.2) is 0 Å². The average molecular weight is 195 g/mol. The van der Waals surface area contributed by atoms with Crippen molar-refractivity contribution in [1.82, 2.24) is 10.4 Å². The van der Waals surface area contributed by atoms with Crippen LogP contribution < -0.4 is 11.3 Å². The number of nitrogens with zero attached hydrogens (tertiary/aromatic N) is 1. The van der Waals surface area contributed by atoms with Gasteiger partial charge in [0, 0.05) is 12.8 Å². The van der Waals surface area contributed by atoms with Crippen molar-refractivity contribution in [3.05, 3.63) is 29.6 Å². The summed E-state index contributed by atoms with van der Waals surface area (Å²) in [6.07, 6.45) is 1.47. The van der Waals surface area contributed by atoms with E-state index in [1.54, 1.807) is 12.1 Å². The predicted octanol–water partition coefficient (Wildman–Crippen LogP) is 0.222. The maximum absolute atomic E-state index is 11.0. The van der Waals surface area contributed by atoms with Gasteiger partial charge in [-0.05, 0) is 19.1 Å². The molecule has 5 heteroatoms. The van der Waals surface area contributed by atoms with E-state index in [0.717, 1.165) is 5.69 Å². The van der Waals surface area contributed by atoms with Gasteiger partial charge in [-0.3, -0.25) is 15.2 Å². The van der Waals surface area contributed by atoms with Crippen LogP contribution in [0.3, 0.4) is 0 Å². The molecule has 1 aromatic heterocycles. The molecule has 0 aromatic carbocycles. The first kappa shape index (κ1) is 10.6. The van der Waals surface area contributed by atoms with Crippen molar-refractivity contribution < 1.29 is 9.53 Å². The van der Waals surface area contributed by atoms with Crippen LogP contribution >= 0.6 is 0 Å². The molecule has 0 fully saturated rings. The predicted molar refractivity (Wildman–Crippen MR) is 51.2 cm³/mol. The van der Waals surface area contributed by atoms with Gasteiger partial charge in [0.1, 0.15) is 0 Å². The number of hydrogen-bond donors (Lipinski definition) is 2. The van der Waals surface area contributed by atoms with Crippen LogP contribution in [0.4, 0.5) is 0 Å². The third-order valence-electron chi connectivity index (χ3n) is 1.67. The summed E-state index contributed by atoms with van der Waals surface area (Å²) in [5.41, 5.74) is 3.26. The summed E-state index contributed by atoms with van der Waals surface area (Å²) in [5, 5.41) is 0. The number of ether oxygens (including phenoxy) is 1. The molecule has 0 saturated carbocycles. The lowest BCUT2D eigenvalue weighted by atomic mass is 10.2. The number of rotatable bonds is 4. The van der Waals surface area contributed by atoms with Crippen molar-refractivity contribution in [3.63, 3.8) is 0 Å². The first-order valence-corrected chi connectivity index (χ1v) is 4.31. The Hall–Kier alpha value is -1.46. The van der Waals surface area contributed by atoms with E-state index < -0.39 is 0 Å². The van der Waals surface area contributed by atoms with Crippen LogP contribution in [0, 0.1) is 0 Å². The van der Waals surface area contributed by atoms with E-state index >= 15 is 0 Å². The quantitative estimate of drug-likeness (QED) is 0.409. The Kier molecular flexibility index (Phi) is 4.03. The number of hydrogen-bond acceptors (Lipinski definition) is 4. The Balaban J connectivity index is 2.63. The number of amides is 1. The molecular weight excluding hydrogens is 182 g/mol. The summed E-state index contributed by atoms with van der Waals surface area (Å²) in [7, 11) is 0. The number of nitrogens with two attached hydrogens (primary N) is 1. The van der Waals surface area contributed by atoms with E-state index in [9.17, 15) is 4.79 Å². The van der Waals surface area contributed by atoms with E-state index in [1.165, 1.54) is 6.20 Å². The van der Waals surface area contributed by atoms with Gasteiger partial charge in [-0.15, -0.1) is 0 Å². The van der Waals surface area contributed by atoms with Gasteiger partial charge in [-0.2, -0.15) is 0 Å². The molecule has 0 atom stereocenters. The Morgan fingerprint density at radius 3 is 2.93 bits per heavy atom. The first-order chi connectivity index (χ1) is 6.77. The summed E-state index contributed by atoms with van der Waals surface area (Å²) in [4.78, 5) is 15.1. The fourth-order valence-corrected chi connectivity index (χ4v) is 0.934. The minimum absolute atomic E-state index is 0.347. The number of carbonyl (C=O) groups is 1. The zero-order chi connectivity index (χ0) is 10.4. The molecule has 1 rings (SSSR count). The van der Waals surface area contributed by atoms with Crippen LogP contribution in [0.25, 0.3) is 0 Å². The molecule has 0 aliphatic heterocycles. The SMILES string of the molecule is CCOCc1ccc(C(=O)NN)cn1. The third kappa shape index (κ3) is 2.79. The van der Waals surface area contributed by atoms with Gasteiger partial charge in [-0.1, -0.05) is 0 Å². The molecule has 1 amide bonds. The zero-order valence-corrected chi connectivity index (χ0v) is 7.99. The second kappa shape index (κ2) is 5.31. The van der Waals surface area contributed by atoms with Crippen LogP contribution in [0.15, 0.2) is 18.3 Å². The molecule has 0 aliphatic rings. The van der Waals surface area contributed by atoms with Gasteiger partial charge >= 0.3 is 0 Å². The topological polar surface area (TPSA) is 77.2 Å². The Morgan fingerprint density at radius 2 is 2.43 bits per heavy atom. The molecule has 1 heterocycles. The molecule has 5 nitrogen and oxygen atoms in total. The highest BCUT2D eigenvalue weighted by Crippen LogP contribution is 2.01. The maximum atomic E-state index is 11.0. The standard InChI is InChI=1S/C9H13N3O2/c1-2-14-6-8-4-3-7(5-11-8)9(13)12-10/h3-5H,2,6,10H2,1H3,(H,12,13). The Labute approximate surface area is 82.2 Å². The van der Waals surface area contributed by atoms with Crippen molar-refractivity contribution >= 4 is 5.91 Å². The van der Waals surface area contributed by atoms with Gasteiger partial charge in [0.05, 0.1) is 17.9 Å². The van der Waals surface area contributed by atoms with Crippen LogP contribution in [0.1, 0.15) is 23.0 Å². The molecule has 1 aromatic rings. The lowest BCUT2D eigenvalue weighted by Gasteiger charge is -2.02. The first-order valence-electron chi connectivity index (χ1n) is 4.31.